The fraction of sp³-hybridized carbons (Fsp3) is 0.214. The van der Waals surface area contributed by atoms with Crippen LogP contribution in [0.5, 0.6) is 0 Å². The third-order valence-electron chi connectivity index (χ3n) is 3.41. The first-order valence-electron chi connectivity index (χ1n) is 5.82. The maximum absolute atomic E-state index is 12.4. The van der Waals surface area contributed by atoms with E-state index in [1.165, 1.54) is 0 Å². The molecule has 18 heavy (non-hydrogen) atoms. The Kier molecular flexibility index (Phi) is 2.20. The van der Waals surface area contributed by atoms with E-state index in [-0.39, 0.29) is 35.5 Å². The third-order valence-corrected chi connectivity index (χ3v) is 3.41. The van der Waals surface area contributed by atoms with Crippen LogP contribution in [0.25, 0.3) is 0 Å². The lowest BCUT2D eigenvalue weighted by molar-refractivity contribution is -0.121. The molecule has 2 aliphatic rings. The predicted octanol–water partition coefficient (Wildman–Crippen LogP) is 1.48. The van der Waals surface area contributed by atoms with E-state index >= 15 is 0 Å². The van der Waals surface area contributed by atoms with Crippen molar-refractivity contribution in [3.63, 3.8) is 0 Å². The minimum absolute atomic E-state index is 0.146. The summed E-state index contributed by atoms with van der Waals surface area (Å²) in [5.41, 5.74) is 1.42. The molecule has 0 bridgehead atoms. The molecule has 1 aromatic rings. The fourth-order valence-electron chi connectivity index (χ4n) is 2.56. The van der Waals surface area contributed by atoms with Gasteiger partial charge in [0.1, 0.15) is 0 Å². The van der Waals surface area contributed by atoms with Gasteiger partial charge in [-0.15, -0.1) is 0 Å². The Morgan fingerprint density at radius 1 is 1.06 bits per heavy atom. The molecular formula is C14H11NO3. The number of carbonyl (C=O) groups is 3. The van der Waals surface area contributed by atoms with Crippen molar-refractivity contribution >= 4 is 17.5 Å². The Balaban J connectivity index is 2.23. The summed E-state index contributed by atoms with van der Waals surface area (Å²) >= 11 is 0. The summed E-state index contributed by atoms with van der Waals surface area (Å²) in [4.78, 5) is 36.1. The lowest BCUT2D eigenvalue weighted by Gasteiger charge is -2.28. The number of hydrogen-bond acceptors (Lipinski definition) is 3. The van der Waals surface area contributed by atoms with Crippen LogP contribution in [0, 0.1) is 5.92 Å². The van der Waals surface area contributed by atoms with E-state index in [0.29, 0.717) is 16.7 Å². The average molecular weight is 241 g/mol. The molecule has 1 amide bonds. The molecule has 0 radical (unpaired) electrons. The highest BCUT2D eigenvalue weighted by Gasteiger charge is 2.38. The summed E-state index contributed by atoms with van der Waals surface area (Å²) < 4.78 is 0. The van der Waals surface area contributed by atoms with Gasteiger partial charge in [0.25, 0.3) is 0 Å². The van der Waals surface area contributed by atoms with Crippen LogP contribution < -0.4 is 5.32 Å². The van der Waals surface area contributed by atoms with Gasteiger partial charge in [0.05, 0.1) is 5.70 Å². The molecule has 4 heteroatoms. The van der Waals surface area contributed by atoms with Crippen molar-refractivity contribution in [2.75, 3.05) is 0 Å². The van der Waals surface area contributed by atoms with Gasteiger partial charge in [-0.1, -0.05) is 31.2 Å². The van der Waals surface area contributed by atoms with Gasteiger partial charge in [0, 0.05) is 23.1 Å². The number of benzene rings is 1. The molecule has 0 spiro atoms. The van der Waals surface area contributed by atoms with E-state index in [9.17, 15) is 14.4 Å². The topological polar surface area (TPSA) is 63.2 Å². The number of nitrogens with one attached hydrogen (secondary N) is 1. The van der Waals surface area contributed by atoms with Gasteiger partial charge in [-0.2, -0.15) is 0 Å². The predicted molar refractivity (Wildman–Crippen MR) is 64.1 cm³/mol. The van der Waals surface area contributed by atoms with Gasteiger partial charge in [-0.05, 0) is 5.92 Å². The summed E-state index contributed by atoms with van der Waals surface area (Å²) in [5.74, 6) is -0.826. The molecule has 0 aromatic heterocycles. The third kappa shape index (κ3) is 1.35. The second kappa shape index (κ2) is 3.63. The molecule has 0 saturated carbocycles. The molecule has 3 rings (SSSR count). The number of hydrogen-bond donors (Lipinski definition) is 1. The van der Waals surface area contributed by atoms with Crippen LogP contribution in [-0.4, -0.2) is 17.5 Å². The van der Waals surface area contributed by atoms with Gasteiger partial charge in [0.15, 0.2) is 5.78 Å². The van der Waals surface area contributed by atoms with Crippen LogP contribution in [0.15, 0.2) is 35.5 Å². The quantitative estimate of drug-likeness (QED) is 0.748. The minimum atomic E-state index is -0.264. The Labute approximate surface area is 104 Å². The van der Waals surface area contributed by atoms with E-state index in [1.54, 1.807) is 31.2 Å². The summed E-state index contributed by atoms with van der Waals surface area (Å²) in [5, 5.41) is 2.54. The second-order valence-electron chi connectivity index (χ2n) is 4.65. The lowest BCUT2D eigenvalue weighted by atomic mass is 9.79. The highest BCUT2D eigenvalue weighted by molar-refractivity contribution is 6.28. The van der Waals surface area contributed by atoms with Gasteiger partial charge in [-0.3, -0.25) is 14.4 Å². The Morgan fingerprint density at radius 2 is 1.67 bits per heavy atom. The SMILES string of the molecule is C[C@H]1CC(=O)NC2=C1C(=O)c1ccccc1C2=O. The highest BCUT2D eigenvalue weighted by atomic mass is 16.2. The highest BCUT2D eigenvalue weighted by Crippen LogP contribution is 2.32. The monoisotopic (exact) mass is 241 g/mol. The lowest BCUT2D eigenvalue weighted by Crippen LogP contribution is -2.40. The number of Topliss-reactive ketones (excluding diaryl/α,β-unsaturated/α-hetero) is 2. The second-order valence-corrected chi connectivity index (χ2v) is 4.65. The van der Waals surface area contributed by atoms with Crippen molar-refractivity contribution in [1.82, 2.24) is 5.32 Å². The van der Waals surface area contributed by atoms with Crippen LogP contribution in [0.3, 0.4) is 0 Å². The number of allylic oxidation sites excluding steroid dienone is 2. The maximum Gasteiger partial charge on any atom is 0.225 e. The summed E-state index contributed by atoms with van der Waals surface area (Å²) in [6.07, 6.45) is 0.250. The van der Waals surface area contributed by atoms with Crippen molar-refractivity contribution in [1.29, 1.82) is 0 Å². The molecule has 0 fully saturated rings. The number of fused-ring (bicyclic) bond motifs is 1. The first kappa shape index (κ1) is 10.9. The van der Waals surface area contributed by atoms with Crippen molar-refractivity contribution in [2.24, 2.45) is 5.92 Å². The summed E-state index contributed by atoms with van der Waals surface area (Å²) in [7, 11) is 0. The first-order chi connectivity index (χ1) is 8.59. The van der Waals surface area contributed by atoms with E-state index in [0.717, 1.165) is 0 Å². The molecule has 1 aliphatic heterocycles. The van der Waals surface area contributed by atoms with Gasteiger partial charge >= 0.3 is 0 Å². The average Bonchev–Trinajstić information content (AvgIpc) is 2.35. The van der Waals surface area contributed by atoms with Crippen molar-refractivity contribution in [3.8, 4) is 0 Å². The van der Waals surface area contributed by atoms with Crippen LogP contribution >= 0.6 is 0 Å². The van der Waals surface area contributed by atoms with E-state index < -0.39 is 0 Å². The Hall–Kier alpha value is -2.23. The minimum Gasteiger partial charge on any atom is -0.322 e. The molecule has 1 aliphatic carbocycles. The number of rotatable bonds is 0. The fourth-order valence-corrected chi connectivity index (χ4v) is 2.56. The molecule has 1 heterocycles. The molecule has 1 aromatic carbocycles. The smallest absolute Gasteiger partial charge is 0.225 e. The molecule has 1 N–H and O–H groups in total. The van der Waals surface area contributed by atoms with Crippen LogP contribution in [0.1, 0.15) is 34.1 Å². The normalized spacial score (nSPS) is 22.5. The molecule has 1 atom stereocenters. The van der Waals surface area contributed by atoms with Gasteiger partial charge < -0.3 is 5.32 Å². The zero-order valence-electron chi connectivity index (χ0n) is 9.82. The number of amides is 1. The number of carbonyl (C=O) groups excluding carboxylic acids is 3. The van der Waals surface area contributed by atoms with E-state index in [1.807, 2.05) is 0 Å². The van der Waals surface area contributed by atoms with Crippen molar-refractivity contribution in [2.45, 2.75) is 13.3 Å². The molecular weight excluding hydrogens is 230 g/mol. The Morgan fingerprint density at radius 3 is 2.33 bits per heavy atom. The van der Waals surface area contributed by atoms with Gasteiger partial charge in [-0.25, -0.2) is 0 Å². The standard InChI is InChI=1S/C14H11NO3/c1-7-6-10(16)15-12-11(7)13(17)8-4-2-3-5-9(8)14(12)18/h2-5,7H,6H2,1H3,(H,15,16)/t7-/m0/s1. The summed E-state index contributed by atoms with van der Waals surface area (Å²) in [6.45, 7) is 1.80. The maximum atomic E-state index is 12.4. The van der Waals surface area contributed by atoms with Crippen LogP contribution in [-0.2, 0) is 4.79 Å². The molecule has 0 unspecified atom stereocenters. The molecule has 4 nitrogen and oxygen atoms in total. The molecule has 90 valence electrons. The molecule has 0 saturated heterocycles. The van der Waals surface area contributed by atoms with E-state index in [2.05, 4.69) is 5.32 Å². The van der Waals surface area contributed by atoms with E-state index in [4.69, 9.17) is 0 Å². The van der Waals surface area contributed by atoms with Crippen LogP contribution in [0.4, 0.5) is 0 Å². The van der Waals surface area contributed by atoms with Crippen molar-refractivity contribution < 1.29 is 14.4 Å². The van der Waals surface area contributed by atoms with Crippen LogP contribution in [0.2, 0.25) is 0 Å². The summed E-state index contributed by atoms with van der Waals surface area (Å²) in [6, 6.07) is 6.72. The zero-order valence-corrected chi connectivity index (χ0v) is 9.82. The first-order valence-corrected chi connectivity index (χ1v) is 5.82. The van der Waals surface area contributed by atoms with Gasteiger partial charge in [0.2, 0.25) is 11.7 Å². The zero-order chi connectivity index (χ0) is 12.9. The Bertz CT molecular complexity index is 628. The number of ketones is 2. The largest absolute Gasteiger partial charge is 0.322 e. The van der Waals surface area contributed by atoms with Crippen molar-refractivity contribution in [3.05, 3.63) is 46.7 Å².